The summed E-state index contributed by atoms with van der Waals surface area (Å²) in [5.74, 6) is 3.85. The average molecular weight is 961 g/mol. The first-order chi connectivity index (χ1) is 33.8. The lowest BCUT2D eigenvalue weighted by Gasteiger charge is -2.29. The molecule has 0 radical (unpaired) electrons. The molecule has 2 aliphatic carbocycles. The number of hydrogen-bond acceptors (Lipinski definition) is 18. The Hall–Kier alpha value is -7.02. The number of aliphatic hydroxyl groups is 1. The summed E-state index contributed by atoms with van der Waals surface area (Å²) in [6.07, 6.45) is 19.0. The van der Waals surface area contributed by atoms with Crippen LogP contribution in [0.2, 0.25) is 0 Å². The SMILES string of the molecule is CCO.CCOC(=O)Cc1cnc(NCC2CCC(Nc3ccc4cc[nH]c(=O)c4n3)CC2)nc1.COc1nccc2ccc(NC3CCC(CNc4ncc(CC(=O)OC(C)(C)C)cn4)CC3)nc12. The highest BCUT2D eigenvalue weighted by molar-refractivity contribution is 5.84. The number of aromatic nitrogens is 8. The lowest BCUT2D eigenvalue weighted by atomic mass is 9.86. The number of fused-ring (bicyclic) bond motifs is 2. The van der Waals surface area contributed by atoms with Gasteiger partial charge in [-0.2, -0.15) is 0 Å². The van der Waals surface area contributed by atoms with Crippen molar-refractivity contribution in [3.63, 3.8) is 0 Å². The molecule has 0 bridgehead atoms. The molecule has 6 aromatic heterocycles. The number of rotatable bonds is 16. The first-order valence-corrected chi connectivity index (χ1v) is 24.2. The van der Waals surface area contributed by atoms with Gasteiger partial charge in [-0.3, -0.25) is 14.4 Å². The van der Waals surface area contributed by atoms with Gasteiger partial charge in [0.05, 0.1) is 26.6 Å². The number of ether oxygens (including phenoxy) is 3. The molecule has 19 heteroatoms. The lowest BCUT2D eigenvalue weighted by molar-refractivity contribution is -0.154. The fourth-order valence-electron chi connectivity index (χ4n) is 8.30. The highest BCUT2D eigenvalue weighted by Gasteiger charge is 2.24. The fraction of sp³-hybridized carbons (Fsp3) is 0.490. The maximum Gasteiger partial charge on any atom is 0.310 e. The van der Waals surface area contributed by atoms with Crippen LogP contribution in [0.15, 0.2) is 78.4 Å². The molecule has 70 heavy (non-hydrogen) atoms. The molecular weight excluding hydrogens is 893 g/mol. The van der Waals surface area contributed by atoms with Crippen molar-refractivity contribution in [1.82, 2.24) is 39.9 Å². The molecule has 6 heterocycles. The number of esters is 2. The van der Waals surface area contributed by atoms with Crippen LogP contribution in [-0.4, -0.2) is 108 Å². The van der Waals surface area contributed by atoms with Crippen LogP contribution in [0.3, 0.4) is 0 Å². The van der Waals surface area contributed by atoms with Crippen molar-refractivity contribution >= 4 is 57.3 Å². The van der Waals surface area contributed by atoms with Gasteiger partial charge in [-0.25, -0.2) is 34.9 Å². The first kappa shape index (κ1) is 52.4. The zero-order valence-corrected chi connectivity index (χ0v) is 41.2. The van der Waals surface area contributed by atoms with Crippen LogP contribution in [0, 0.1) is 11.8 Å². The summed E-state index contributed by atoms with van der Waals surface area (Å²) >= 11 is 0. The summed E-state index contributed by atoms with van der Waals surface area (Å²) < 4.78 is 15.6. The number of hydrogen-bond donors (Lipinski definition) is 6. The molecule has 0 unspecified atom stereocenters. The summed E-state index contributed by atoms with van der Waals surface area (Å²) in [4.78, 5) is 68.9. The van der Waals surface area contributed by atoms with E-state index in [2.05, 4.69) is 56.2 Å². The number of carbonyl (C=O) groups is 2. The quantitative estimate of drug-likeness (QED) is 0.0521. The second-order valence-corrected chi connectivity index (χ2v) is 18.4. The lowest BCUT2D eigenvalue weighted by Crippen LogP contribution is -2.29. The summed E-state index contributed by atoms with van der Waals surface area (Å²) in [5, 5.41) is 23.1. The van der Waals surface area contributed by atoms with Gasteiger partial charge in [0.1, 0.15) is 28.3 Å². The Balaban J connectivity index is 0.000000218. The number of methoxy groups -OCH3 is 1. The van der Waals surface area contributed by atoms with E-state index in [0.717, 1.165) is 104 Å². The van der Waals surface area contributed by atoms with E-state index in [1.165, 1.54) is 0 Å². The van der Waals surface area contributed by atoms with E-state index in [1.807, 2.05) is 57.2 Å². The van der Waals surface area contributed by atoms with Crippen molar-refractivity contribution < 1.29 is 28.9 Å². The Labute approximate surface area is 408 Å². The van der Waals surface area contributed by atoms with Gasteiger partial charge in [-0.1, -0.05) is 0 Å². The van der Waals surface area contributed by atoms with Gasteiger partial charge < -0.3 is 45.6 Å². The maximum absolute atomic E-state index is 12.0. The van der Waals surface area contributed by atoms with Crippen LogP contribution in [0.5, 0.6) is 5.88 Å². The summed E-state index contributed by atoms with van der Waals surface area (Å²) in [5.41, 5.74) is 2.05. The molecule has 6 aromatic rings. The van der Waals surface area contributed by atoms with Gasteiger partial charge in [0, 0.05) is 90.9 Å². The molecule has 2 aliphatic rings. The van der Waals surface area contributed by atoms with Gasteiger partial charge >= 0.3 is 11.9 Å². The van der Waals surface area contributed by atoms with Crippen LogP contribution in [-0.2, 0) is 31.9 Å². The standard InChI is InChI=1S/C26H34N6O3.C23H28N6O3.C2H6O/c1-26(2,3)35-22(33)13-18-15-29-25(30-16-18)28-14-17-5-8-20(9-6-17)31-21-10-7-19-11-12-27-24(34-4)23(19)32-21;1-2-32-20(30)11-16-13-26-23(27-14-16)25-12-15-3-6-18(7-4-15)28-19-8-5-17-9-10-24-22(31)21(17)29-19;1-2-3/h7,10-12,15-17,20H,5-6,8-9,13-14H2,1-4H3,(H,31,32)(H,28,29,30);5,8-10,13-15,18H,2-4,6-7,11-12H2,1H3,(H,24,31)(H,28,29)(H,25,26,27);3H,2H2,1H3. The monoisotopic (exact) mass is 961 g/mol. The molecule has 0 atom stereocenters. The summed E-state index contributed by atoms with van der Waals surface area (Å²) in [6, 6.07) is 12.4. The van der Waals surface area contributed by atoms with E-state index in [4.69, 9.17) is 24.3 Å². The second-order valence-electron chi connectivity index (χ2n) is 18.4. The average Bonchev–Trinajstić information content (AvgIpc) is 3.34. The first-order valence-electron chi connectivity index (χ1n) is 24.2. The zero-order valence-electron chi connectivity index (χ0n) is 41.2. The van der Waals surface area contributed by atoms with Gasteiger partial charge in [0.25, 0.3) is 5.56 Å². The van der Waals surface area contributed by atoms with E-state index >= 15 is 0 Å². The molecule has 0 amide bonds. The minimum Gasteiger partial charge on any atom is -0.479 e. The number of aromatic amines is 1. The number of aliphatic hydroxyl groups excluding tert-OH is 1. The molecule has 19 nitrogen and oxygen atoms in total. The number of carbonyl (C=O) groups excluding carboxylic acids is 2. The molecule has 6 N–H and O–H groups in total. The van der Waals surface area contributed by atoms with Gasteiger partial charge in [0.15, 0.2) is 0 Å². The van der Waals surface area contributed by atoms with Crippen LogP contribution in [0.4, 0.5) is 23.5 Å². The third-order valence-corrected chi connectivity index (χ3v) is 11.7. The number of H-pyrrole nitrogens is 1. The van der Waals surface area contributed by atoms with E-state index < -0.39 is 5.60 Å². The maximum atomic E-state index is 12.0. The molecule has 0 aliphatic heterocycles. The number of nitrogens with zero attached hydrogens (tertiary/aromatic N) is 7. The second kappa shape index (κ2) is 26.1. The highest BCUT2D eigenvalue weighted by atomic mass is 16.6. The largest absolute Gasteiger partial charge is 0.479 e. The minimum absolute atomic E-state index is 0.169. The van der Waals surface area contributed by atoms with Crippen molar-refractivity contribution in [1.29, 1.82) is 0 Å². The number of anilines is 4. The van der Waals surface area contributed by atoms with E-state index in [0.29, 0.717) is 53.8 Å². The number of nitrogens with one attached hydrogen (secondary N) is 5. The van der Waals surface area contributed by atoms with Crippen LogP contribution >= 0.6 is 0 Å². The molecule has 0 aromatic carbocycles. The molecule has 0 spiro atoms. The Bertz CT molecular complexity index is 2630. The molecule has 374 valence electrons. The molecule has 8 rings (SSSR count). The molecule has 2 saturated carbocycles. The van der Waals surface area contributed by atoms with Crippen LogP contribution < -0.4 is 31.6 Å². The normalized spacial score (nSPS) is 17.7. The van der Waals surface area contributed by atoms with E-state index in [-0.39, 0.29) is 36.9 Å². The third kappa shape index (κ3) is 16.6. The van der Waals surface area contributed by atoms with E-state index in [1.54, 1.807) is 58.1 Å². The van der Waals surface area contributed by atoms with Crippen LogP contribution in [0.1, 0.15) is 97.1 Å². The highest BCUT2D eigenvalue weighted by Crippen LogP contribution is 2.29. The van der Waals surface area contributed by atoms with Gasteiger partial charge in [-0.05, 0) is 134 Å². The molecular formula is C51H68N12O7. The van der Waals surface area contributed by atoms with E-state index in [9.17, 15) is 14.4 Å². The minimum atomic E-state index is -0.495. The topological polar surface area (TPSA) is 253 Å². The van der Waals surface area contributed by atoms with Crippen LogP contribution in [0.25, 0.3) is 21.8 Å². The number of pyridine rings is 4. The summed E-state index contributed by atoms with van der Waals surface area (Å²) in [6.45, 7) is 11.3. The van der Waals surface area contributed by atoms with Crippen molar-refractivity contribution in [2.45, 2.75) is 117 Å². The zero-order chi connectivity index (χ0) is 49.9. The molecule has 2 fully saturated rings. The van der Waals surface area contributed by atoms with Crippen molar-refractivity contribution in [3.05, 3.63) is 95.1 Å². The van der Waals surface area contributed by atoms with Crippen molar-refractivity contribution in [3.8, 4) is 5.88 Å². The Morgan fingerprint density at radius 3 is 1.66 bits per heavy atom. The smallest absolute Gasteiger partial charge is 0.310 e. The predicted octanol–water partition coefficient (Wildman–Crippen LogP) is 7.30. The van der Waals surface area contributed by atoms with Gasteiger partial charge in [-0.15, -0.1) is 0 Å². The Morgan fingerprint density at radius 2 is 1.17 bits per heavy atom. The summed E-state index contributed by atoms with van der Waals surface area (Å²) in [7, 11) is 1.61. The Kier molecular flexibility index (Phi) is 19.5. The van der Waals surface area contributed by atoms with Crippen molar-refractivity contribution in [2.24, 2.45) is 11.8 Å². The molecule has 0 saturated heterocycles. The predicted molar refractivity (Wildman–Crippen MR) is 271 cm³/mol. The Morgan fingerprint density at radius 1 is 0.686 bits per heavy atom. The van der Waals surface area contributed by atoms with Gasteiger partial charge in [0.2, 0.25) is 17.8 Å². The fourth-order valence-corrected chi connectivity index (χ4v) is 8.30. The third-order valence-electron chi connectivity index (χ3n) is 11.7. The van der Waals surface area contributed by atoms with Crippen molar-refractivity contribution in [2.75, 3.05) is 54.7 Å².